The van der Waals surface area contributed by atoms with E-state index in [1.165, 1.54) is 0 Å². The lowest BCUT2D eigenvalue weighted by Gasteiger charge is -2.11. The molecule has 0 bridgehead atoms. The Kier molecular flexibility index (Phi) is 5.01. The number of carbonyl (C=O) groups is 2. The minimum Gasteiger partial charge on any atom is -0.325 e. The van der Waals surface area contributed by atoms with Crippen LogP contribution in [0, 0.1) is 0 Å². The maximum absolute atomic E-state index is 12.4. The van der Waals surface area contributed by atoms with Gasteiger partial charge in [0.2, 0.25) is 11.9 Å². The highest BCUT2D eigenvalue weighted by atomic mass is 16.2. The zero-order valence-corrected chi connectivity index (χ0v) is 16.9. The van der Waals surface area contributed by atoms with Gasteiger partial charge in [0.1, 0.15) is 0 Å². The van der Waals surface area contributed by atoms with Crippen molar-refractivity contribution >= 4 is 34.8 Å². The fourth-order valence-electron chi connectivity index (χ4n) is 3.47. The number of anilines is 4. The second-order valence-corrected chi connectivity index (χ2v) is 7.23. The molecule has 5 rings (SSSR count). The molecule has 1 aliphatic heterocycles. The van der Waals surface area contributed by atoms with Crippen LogP contribution in [-0.2, 0) is 11.2 Å². The highest BCUT2D eigenvalue weighted by Crippen LogP contribution is 2.32. The fourth-order valence-corrected chi connectivity index (χ4v) is 3.47. The van der Waals surface area contributed by atoms with Crippen LogP contribution in [0.1, 0.15) is 15.9 Å². The van der Waals surface area contributed by atoms with Gasteiger partial charge in [-0.3, -0.25) is 14.6 Å². The van der Waals surface area contributed by atoms with Gasteiger partial charge in [-0.1, -0.05) is 18.2 Å². The van der Waals surface area contributed by atoms with Crippen molar-refractivity contribution in [1.29, 1.82) is 0 Å². The lowest BCUT2D eigenvalue weighted by Crippen LogP contribution is -2.12. The Morgan fingerprint density at radius 1 is 0.938 bits per heavy atom. The molecule has 0 saturated carbocycles. The molecule has 0 atom stereocenters. The molecule has 0 radical (unpaired) electrons. The van der Waals surface area contributed by atoms with Crippen molar-refractivity contribution in [1.82, 2.24) is 15.0 Å². The quantitative estimate of drug-likeness (QED) is 0.458. The SMILES string of the molecule is O=C1Cc2cnc(Nc3ccc(C(=O)Nc4ccncc4)cc3)nc2-c2ccccc2N1. The molecular weight excluding hydrogens is 404 g/mol. The van der Waals surface area contributed by atoms with Crippen LogP contribution in [0.15, 0.2) is 79.3 Å². The van der Waals surface area contributed by atoms with Gasteiger partial charge in [0.25, 0.3) is 5.91 Å². The van der Waals surface area contributed by atoms with Gasteiger partial charge < -0.3 is 16.0 Å². The van der Waals surface area contributed by atoms with Crippen LogP contribution in [0.25, 0.3) is 11.3 Å². The van der Waals surface area contributed by atoms with Crippen LogP contribution in [0.3, 0.4) is 0 Å². The van der Waals surface area contributed by atoms with E-state index in [1.807, 2.05) is 24.3 Å². The number of rotatable bonds is 4. The van der Waals surface area contributed by atoms with Crippen LogP contribution >= 0.6 is 0 Å². The Bertz CT molecular complexity index is 1310. The third-order valence-electron chi connectivity index (χ3n) is 5.01. The van der Waals surface area contributed by atoms with E-state index in [1.54, 1.807) is 55.0 Å². The monoisotopic (exact) mass is 422 g/mol. The predicted molar refractivity (Wildman–Crippen MR) is 122 cm³/mol. The largest absolute Gasteiger partial charge is 0.325 e. The second-order valence-electron chi connectivity index (χ2n) is 7.23. The zero-order valence-electron chi connectivity index (χ0n) is 16.9. The molecule has 0 aliphatic carbocycles. The van der Waals surface area contributed by atoms with Crippen LogP contribution in [-0.4, -0.2) is 26.8 Å². The summed E-state index contributed by atoms with van der Waals surface area (Å²) in [7, 11) is 0. The van der Waals surface area contributed by atoms with E-state index >= 15 is 0 Å². The van der Waals surface area contributed by atoms with Gasteiger partial charge in [-0.05, 0) is 42.5 Å². The molecule has 0 spiro atoms. The summed E-state index contributed by atoms with van der Waals surface area (Å²) in [6.45, 7) is 0. The van der Waals surface area contributed by atoms with E-state index in [0.717, 1.165) is 22.5 Å². The first kappa shape index (κ1) is 19.4. The topological polar surface area (TPSA) is 109 Å². The average Bonchev–Trinajstić information content (AvgIpc) is 2.95. The molecule has 4 aromatic rings. The molecule has 8 nitrogen and oxygen atoms in total. The van der Waals surface area contributed by atoms with Crippen molar-refractivity contribution in [2.45, 2.75) is 6.42 Å². The second kappa shape index (κ2) is 8.27. The number of para-hydroxylation sites is 1. The molecular formula is C24H18N6O2. The van der Waals surface area contributed by atoms with E-state index in [4.69, 9.17) is 0 Å². The molecule has 0 unspecified atom stereocenters. The molecule has 156 valence electrons. The van der Waals surface area contributed by atoms with Crippen LogP contribution < -0.4 is 16.0 Å². The third kappa shape index (κ3) is 4.01. The van der Waals surface area contributed by atoms with Crippen molar-refractivity contribution in [3.05, 3.63) is 90.4 Å². The smallest absolute Gasteiger partial charge is 0.255 e. The van der Waals surface area contributed by atoms with Gasteiger partial charge in [0.15, 0.2) is 0 Å². The maximum atomic E-state index is 12.4. The molecule has 2 amide bonds. The number of aromatic nitrogens is 3. The maximum Gasteiger partial charge on any atom is 0.255 e. The molecule has 8 heteroatoms. The number of carbonyl (C=O) groups excluding carboxylic acids is 2. The number of amides is 2. The average molecular weight is 422 g/mol. The molecule has 1 aliphatic rings. The summed E-state index contributed by atoms with van der Waals surface area (Å²) >= 11 is 0. The number of hydrogen-bond acceptors (Lipinski definition) is 6. The molecule has 0 fully saturated rings. The summed E-state index contributed by atoms with van der Waals surface area (Å²) in [6, 6.07) is 18.0. The number of fused-ring (bicyclic) bond motifs is 3. The summed E-state index contributed by atoms with van der Waals surface area (Å²) in [4.78, 5) is 37.5. The zero-order chi connectivity index (χ0) is 21.9. The van der Waals surface area contributed by atoms with E-state index in [0.29, 0.717) is 22.9 Å². The lowest BCUT2D eigenvalue weighted by atomic mass is 10.1. The van der Waals surface area contributed by atoms with Crippen molar-refractivity contribution < 1.29 is 9.59 Å². The Balaban J connectivity index is 1.36. The summed E-state index contributed by atoms with van der Waals surface area (Å²) in [6.07, 6.45) is 5.12. The summed E-state index contributed by atoms with van der Waals surface area (Å²) in [5, 5.41) is 8.89. The minimum absolute atomic E-state index is 0.0962. The number of pyridine rings is 1. The predicted octanol–water partition coefficient (Wildman–Crippen LogP) is 4.03. The fraction of sp³-hybridized carbons (Fsp3) is 0.0417. The Morgan fingerprint density at radius 3 is 2.53 bits per heavy atom. The van der Waals surface area contributed by atoms with Crippen LogP contribution in [0.2, 0.25) is 0 Å². The van der Waals surface area contributed by atoms with E-state index in [2.05, 4.69) is 30.9 Å². The van der Waals surface area contributed by atoms with Crippen molar-refractivity contribution in [2.24, 2.45) is 0 Å². The molecule has 32 heavy (non-hydrogen) atoms. The highest BCUT2D eigenvalue weighted by Gasteiger charge is 2.20. The first-order valence-corrected chi connectivity index (χ1v) is 9.99. The summed E-state index contributed by atoms with van der Waals surface area (Å²) in [5.41, 5.74) is 4.99. The first-order valence-electron chi connectivity index (χ1n) is 9.99. The summed E-state index contributed by atoms with van der Waals surface area (Å²) in [5.74, 6) is 0.0980. The van der Waals surface area contributed by atoms with Gasteiger partial charge in [-0.15, -0.1) is 0 Å². The van der Waals surface area contributed by atoms with Gasteiger partial charge in [0, 0.05) is 46.7 Å². The lowest BCUT2D eigenvalue weighted by molar-refractivity contribution is -0.115. The molecule has 3 heterocycles. The number of hydrogen-bond donors (Lipinski definition) is 3. The number of benzene rings is 2. The third-order valence-corrected chi connectivity index (χ3v) is 5.01. The Hall–Kier alpha value is -4.59. The first-order chi connectivity index (χ1) is 15.7. The van der Waals surface area contributed by atoms with Crippen molar-refractivity contribution in [2.75, 3.05) is 16.0 Å². The van der Waals surface area contributed by atoms with Gasteiger partial charge in [-0.25, -0.2) is 9.97 Å². The minimum atomic E-state index is -0.210. The van der Waals surface area contributed by atoms with Gasteiger partial charge in [-0.2, -0.15) is 0 Å². The number of nitrogens with zero attached hydrogens (tertiary/aromatic N) is 3. The molecule has 3 N–H and O–H groups in total. The normalized spacial score (nSPS) is 12.1. The van der Waals surface area contributed by atoms with Gasteiger partial charge >= 0.3 is 0 Å². The van der Waals surface area contributed by atoms with E-state index in [-0.39, 0.29) is 18.2 Å². The molecule has 2 aromatic heterocycles. The van der Waals surface area contributed by atoms with E-state index < -0.39 is 0 Å². The molecule has 2 aromatic carbocycles. The molecule has 0 saturated heterocycles. The van der Waals surface area contributed by atoms with Gasteiger partial charge in [0.05, 0.1) is 17.8 Å². The summed E-state index contributed by atoms with van der Waals surface area (Å²) < 4.78 is 0. The Morgan fingerprint density at radius 2 is 1.72 bits per heavy atom. The van der Waals surface area contributed by atoms with Crippen LogP contribution in [0.5, 0.6) is 0 Å². The highest BCUT2D eigenvalue weighted by molar-refractivity contribution is 6.04. The Labute approximate surface area is 183 Å². The van der Waals surface area contributed by atoms with Crippen molar-refractivity contribution in [3.63, 3.8) is 0 Å². The standard InChI is InChI=1S/C24H18N6O2/c31-21-13-16-14-26-24(30-22(16)19-3-1-2-4-20(19)29-21)28-17-7-5-15(6-8-17)23(32)27-18-9-11-25-12-10-18/h1-12,14H,13H2,(H,29,31)(H,25,27,32)(H,26,28,30). The number of nitrogens with one attached hydrogen (secondary N) is 3. The van der Waals surface area contributed by atoms with Crippen molar-refractivity contribution in [3.8, 4) is 11.3 Å². The van der Waals surface area contributed by atoms with Crippen LogP contribution in [0.4, 0.5) is 23.0 Å². The van der Waals surface area contributed by atoms with E-state index in [9.17, 15) is 9.59 Å².